The van der Waals surface area contributed by atoms with E-state index in [1.807, 2.05) is 45.0 Å². The fraction of sp³-hybridized carbons (Fsp3) is 0.333. The predicted octanol–water partition coefficient (Wildman–Crippen LogP) is 3.71. The first-order valence-electron chi connectivity index (χ1n) is 8.06. The third-order valence-electron chi connectivity index (χ3n) is 4.10. The highest BCUT2D eigenvalue weighted by atomic mass is 32.1. The van der Waals surface area contributed by atoms with Crippen LogP contribution in [0.5, 0.6) is 0 Å². The topological polar surface area (TPSA) is 61.4 Å². The standard InChI is InChI=1S/C18H21N3O2S/c1-4-19-18(23)21-8-7-13-5-6-14(10-16(13)21)20-17(22)15-9-11(2)24-12(15)3/h5-6,9-10H,4,7-8H2,1-3H3,(H,19,23)(H,20,22). The average molecular weight is 343 g/mol. The number of nitrogens with one attached hydrogen (secondary N) is 2. The third kappa shape index (κ3) is 3.14. The molecule has 1 aromatic heterocycles. The maximum absolute atomic E-state index is 12.5. The third-order valence-corrected chi connectivity index (χ3v) is 5.06. The Balaban J connectivity index is 1.81. The predicted molar refractivity (Wildman–Crippen MR) is 98.3 cm³/mol. The molecule has 1 aromatic carbocycles. The summed E-state index contributed by atoms with van der Waals surface area (Å²) in [5.41, 5.74) is 3.41. The van der Waals surface area contributed by atoms with E-state index in [1.165, 1.54) is 0 Å². The number of amides is 3. The quantitative estimate of drug-likeness (QED) is 0.892. The van der Waals surface area contributed by atoms with Gasteiger partial charge in [0, 0.05) is 28.5 Å². The number of benzene rings is 1. The van der Waals surface area contributed by atoms with Gasteiger partial charge in [0.1, 0.15) is 0 Å². The monoisotopic (exact) mass is 343 g/mol. The smallest absolute Gasteiger partial charge is 0.321 e. The normalized spacial score (nSPS) is 12.9. The van der Waals surface area contributed by atoms with Crippen LogP contribution in [0.15, 0.2) is 24.3 Å². The molecular formula is C18H21N3O2S. The van der Waals surface area contributed by atoms with E-state index >= 15 is 0 Å². The maximum Gasteiger partial charge on any atom is 0.321 e. The molecule has 0 aliphatic carbocycles. The van der Waals surface area contributed by atoms with Gasteiger partial charge in [-0.25, -0.2) is 4.79 Å². The van der Waals surface area contributed by atoms with Gasteiger partial charge < -0.3 is 10.6 Å². The summed E-state index contributed by atoms with van der Waals surface area (Å²) < 4.78 is 0. The fourth-order valence-corrected chi connectivity index (χ4v) is 3.89. The molecule has 0 unspecified atom stereocenters. The van der Waals surface area contributed by atoms with Crippen molar-refractivity contribution in [1.29, 1.82) is 0 Å². The first-order chi connectivity index (χ1) is 11.5. The largest absolute Gasteiger partial charge is 0.338 e. The van der Waals surface area contributed by atoms with E-state index in [1.54, 1.807) is 16.2 Å². The minimum absolute atomic E-state index is 0.0935. The summed E-state index contributed by atoms with van der Waals surface area (Å²) in [7, 11) is 0. The molecule has 24 heavy (non-hydrogen) atoms. The molecule has 6 heteroatoms. The molecule has 0 atom stereocenters. The molecule has 0 radical (unpaired) electrons. The van der Waals surface area contributed by atoms with Gasteiger partial charge in [-0.15, -0.1) is 11.3 Å². The lowest BCUT2D eigenvalue weighted by Crippen LogP contribution is -2.38. The van der Waals surface area contributed by atoms with Gasteiger partial charge in [-0.2, -0.15) is 0 Å². The Morgan fingerprint density at radius 1 is 1.25 bits per heavy atom. The van der Waals surface area contributed by atoms with Gasteiger partial charge in [0.05, 0.1) is 11.3 Å². The van der Waals surface area contributed by atoms with E-state index < -0.39 is 0 Å². The van der Waals surface area contributed by atoms with Crippen LogP contribution in [-0.4, -0.2) is 25.0 Å². The van der Waals surface area contributed by atoms with Gasteiger partial charge >= 0.3 is 6.03 Å². The summed E-state index contributed by atoms with van der Waals surface area (Å²) in [5.74, 6) is -0.112. The summed E-state index contributed by atoms with van der Waals surface area (Å²) in [6.45, 7) is 7.11. The average Bonchev–Trinajstić information content (AvgIpc) is 3.10. The minimum Gasteiger partial charge on any atom is -0.338 e. The number of carbonyl (C=O) groups is 2. The molecule has 2 heterocycles. The van der Waals surface area contributed by atoms with Gasteiger partial charge in [-0.05, 0) is 51.0 Å². The zero-order valence-electron chi connectivity index (χ0n) is 14.1. The number of aryl methyl sites for hydroxylation is 2. The van der Waals surface area contributed by atoms with Crippen molar-refractivity contribution in [3.63, 3.8) is 0 Å². The van der Waals surface area contributed by atoms with Crippen molar-refractivity contribution in [2.24, 2.45) is 0 Å². The molecule has 0 fully saturated rings. The maximum atomic E-state index is 12.5. The van der Waals surface area contributed by atoms with Crippen LogP contribution in [-0.2, 0) is 6.42 Å². The van der Waals surface area contributed by atoms with Crippen LogP contribution in [0.2, 0.25) is 0 Å². The number of urea groups is 1. The fourth-order valence-electron chi connectivity index (χ4n) is 2.97. The second-order valence-electron chi connectivity index (χ2n) is 5.86. The zero-order chi connectivity index (χ0) is 17.3. The summed E-state index contributed by atoms with van der Waals surface area (Å²) >= 11 is 1.62. The minimum atomic E-state index is -0.112. The molecule has 5 nitrogen and oxygen atoms in total. The number of fused-ring (bicyclic) bond motifs is 1. The lowest BCUT2D eigenvalue weighted by Gasteiger charge is -2.18. The Labute approximate surface area is 145 Å². The number of anilines is 2. The van der Waals surface area contributed by atoms with E-state index in [9.17, 15) is 9.59 Å². The van der Waals surface area contributed by atoms with Crippen molar-refractivity contribution in [2.75, 3.05) is 23.3 Å². The van der Waals surface area contributed by atoms with Crippen molar-refractivity contribution < 1.29 is 9.59 Å². The van der Waals surface area contributed by atoms with Crippen molar-refractivity contribution in [3.8, 4) is 0 Å². The number of thiophene rings is 1. The number of rotatable bonds is 3. The molecule has 0 saturated carbocycles. The van der Waals surface area contributed by atoms with Crippen molar-refractivity contribution in [2.45, 2.75) is 27.2 Å². The molecule has 1 aliphatic rings. The first-order valence-corrected chi connectivity index (χ1v) is 8.88. The number of carbonyl (C=O) groups excluding carboxylic acids is 2. The highest BCUT2D eigenvalue weighted by Gasteiger charge is 2.24. The summed E-state index contributed by atoms with van der Waals surface area (Å²) in [6.07, 6.45) is 0.837. The van der Waals surface area contributed by atoms with Crippen LogP contribution in [0.3, 0.4) is 0 Å². The molecule has 2 aromatic rings. The Kier molecular flexibility index (Phi) is 4.57. The van der Waals surface area contributed by atoms with Crippen molar-refractivity contribution in [1.82, 2.24) is 5.32 Å². The highest BCUT2D eigenvalue weighted by molar-refractivity contribution is 7.12. The number of hydrogen-bond acceptors (Lipinski definition) is 3. The highest BCUT2D eigenvalue weighted by Crippen LogP contribution is 2.31. The first kappa shape index (κ1) is 16.5. The molecule has 3 amide bonds. The SMILES string of the molecule is CCNC(=O)N1CCc2ccc(NC(=O)c3cc(C)sc3C)cc21. The molecule has 2 N–H and O–H groups in total. The molecule has 0 spiro atoms. The second-order valence-corrected chi connectivity index (χ2v) is 7.32. The second kappa shape index (κ2) is 6.65. The van der Waals surface area contributed by atoms with E-state index in [2.05, 4.69) is 10.6 Å². The van der Waals surface area contributed by atoms with Crippen LogP contribution in [0.25, 0.3) is 0 Å². The molecule has 1 aliphatic heterocycles. The lowest BCUT2D eigenvalue weighted by molar-refractivity contribution is 0.102. The van der Waals surface area contributed by atoms with Gasteiger partial charge in [0.25, 0.3) is 5.91 Å². The van der Waals surface area contributed by atoms with Crippen molar-refractivity contribution >= 4 is 34.6 Å². The lowest BCUT2D eigenvalue weighted by atomic mass is 10.1. The van der Waals surface area contributed by atoms with Crippen LogP contribution < -0.4 is 15.5 Å². The van der Waals surface area contributed by atoms with E-state index in [0.29, 0.717) is 24.3 Å². The van der Waals surface area contributed by atoms with Crippen LogP contribution >= 0.6 is 11.3 Å². The molecular weight excluding hydrogens is 322 g/mol. The summed E-state index contributed by atoms with van der Waals surface area (Å²) in [5, 5.41) is 5.77. The van der Waals surface area contributed by atoms with Gasteiger partial charge in [-0.1, -0.05) is 6.07 Å². The Bertz CT molecular complexity index is 798. The Morgan fingerprint density at radius 2 is 2.04 bits per heavy atom. The van der Waals surface area contributed by atoms with Gasteiger partial charge in [0.15, 0.2) is 0 Å². The molecule has 126 valence electrons. The zero-order valence-corrected chi connectivity index (χ0v) is 14.9. The molecule has 0 saturated heterocycles. The van der Waals surface area contributed by atoms with Crippen molar-refractivity contribution in [3.05, 3.63) is 45.1 Å². The molecule has 3 rings (SSSR count). The van der Waals surface area contributed by atoms with E-state index in [-0.39, 0.29) is 11.9 Å². The van der Waals surface area contributed by atoms with Gasteiger partial charge in [0.2, 0.25) is 0 Å². The van der Waals surface area contributed by atoms with E-state index in [4.69, 9.17) is 0 Å². The van der Waals surface area contributed by atoms with E-state index in [0.717, 1.165) is 27.4 Å². The summed E-state index contributed by atoms with van der Waals surface area (Å²) in [6, 6.07) is 7.57. The Hall–Kier alpha value is -2.34. The van der Waals surface area contributed by atoms with Gasteiger partial charge in [-0.3, -0.25) is 9.69 Å². The molecule has 0 bridgehead atoms. The number of hydrogen-bond donors (Lipinski definition) is 2. The Morgan fingerprint density at radius 3 is 2.71 bits per heavy atom. The van der Waals surface area contributed by atoms with Crippen LogP contribution in [0.4, 0.5) is 16.2 Å². The van der Waals surface area contributed by atoms with Crippen LogP contribution in [0, 0.1) is 13.8 Å². The van der Waals surface area contributed by atoms with Crippen LogP contribution in [0.1, 0.15) is 32.6 Å². The summed E-state index contributed by atoms with van der Waals surface area (Å²) in [4.78, 5) is 28.5. The number of nitrogens with zero attached hydrogens (tertiary/aromatic N) is 1.